The van der Waals surface area contributed by atoms with Crippen molar-refractivity contribution in [2.45, 2.75) is 70.5 Å². The summed E-state index contributed by atoms with van der Waals surface area (Å²) in [4.78, 5) is 68.1. The average molecular weight is 660 g/mol. The van der Waals surface area contributed by atoms with E-state index in [1.54, 1.807) is 11.8 Å². The lowest BCUT2D eigenvalue weighted by atomic mass is 9.95. The van der Waals surface area contributed by atoms with E-state index in [4.69, 9.17) is 4.74 Å². The molecule has 4 atom stereocenters. The van der Waals surface area contributed by atoms with E-state index in [9.17, 15) is 38.0 Å². The number of likely N-dealkylation sites (tertiary alicyclic amines) is 1. The van der Waals surface area contributed by atoms with Crippen LogP contribution in [0.4, 0.5) is 8.78 Å². The first-order valence-electron chi connectivity index (χ1n) is 15.7. The molecule has 12 nitrogen and oxygen atoms in total. The predicted molar refractivity (Wildman–Crippen MR) is 167 cm³/mol. The topological polar surface area (TPSA) is 157 Å². The zero-order chi connectivity index (χ0) is 34.5. The molecule has 2 aromatic carbocycles. The molecule has 1 fully saturated rings. The molecule has 4 N–H and O–H groups in total. The maximum atomic E-state index is 13.8. The molecule has 47 heavy (non-hydrogen) atoms. The van der Waals surface area contributed by atoms with Gasteiger partial charge in [0, 0.05) is 38.2 Å². The number of amides is 5. The van der Waals surface area contributed by atoms with Gasteiger partial charge in [-0.15, -0.1) is 0 Å². The summed E-state index contributed by atoms with van der Waals surface area (Å²) in [6.45, 7) is 4.17. The molecule has 0 saturated carbocycles. The number of ether oxygens (including phenoxy) is 1. The Balaban J connectivity index is 1.62. The van der Waals surface area contributed by atoms with Crippen molar-refractivity contribution in [2.24, 2.45) is 5.92 Å². The second-order valence-corrected chi connectivity index (χ2v) is 11.5. The van der Waals surface area contributed by atoms with Crippen LogP contribution in [0.1, 0.15) is 62.7 Å². The van der Waals surface area contributed by atoms with Crippen LogP contribution < -0.4 is 20.9 Å². The van der Waals surface area contributed by atoms with Crippen LogP contribution in [0.15, 0.2) is 48.5 Å². The van der Waals surface area contributed by atoms with Crippen LogP contribution in [0.2, 0.25) is 0 Å². The Morgan fingerprint density at radius 1 is 1.06 bits per heavy atom. The highest BCUT2D eigenvalue weighted by Gasteiger charge is 2.40. The number of hydrogen-bond acceptors (Lipinski definition) is 7. The molecular formula is C33H43F2N5O7. The van der Waals surface area contributed by atoms with Crippen molar-refractivity contribution < 1.29 is 42.7 Å². The van der Waals surface area contributed by atoms with Crippen LogP contribution in [0.25, 0.3) is 0 Å². The van der Waals surface area contributed by atoms with Gasteiger partial charge in [0.05, 0.1) is 6.61 Å². The maximum absolute atomic E-state index is 13.8. The van der Waals surface area contributed by atoms with E-state index in [0.717, 1.165) is 12.1 Å². The minimum absolute atomic E-state index is 0.182. The Hall–Kier alpha value is -4.59. The normalized spacial score (nSPS) is 16.0. The fourth-order valence-electron chi connectivity index (χ4n) is 5.53. The first kappa shape index (κ1) is 36.9. The van der Waals surface area contributed by atoms with Gasteiger partial charge in [0.15, 0.2) is 0 Å². The van der Waals surface area contributed by atoms with Gasteiger partial charge in [0.25, 0.3) is 11.8 Å². The Labute approximate surface area is 272 Å². The van der Waals surface area contributed by atoms with E-state index in [1.807, 2.05) is 37.3 Å². The van der Waals surface area contributed by atoms with Crippen molar-refractivity contribution in [2.75, 3.05) is 26.7 Å². The molecule has 1 heterocycles. The lowest BCUT2D eigenvalue weighted by Gasteiger charge is -2.36. The smallest absolute Gasteiger partial charge is 0.265 e. The minimum Gasteiger partial charge on any atom is -0.494 e. The minimum atomic E-state index is -1.32. The summed E-state index contributed by atoms with van der Waals surface area (Å²) < 4.78 is 32.7. The second-order valence-electron chi connectivity index (χ2n) is 11.5. The number of likely N-dealkylation sites (N-methyl/N-ethyl adjacent to an activating group) is 1. The zero-order valence-corrected chi connectivity index (χ0v) is 26.8. The summed E-state index contributed by atoms with van der Waals surface area (Å²) >= 11 is 0. The summed E-state index contributed by atoms with van der Waals surface area (Å²) in [7, 11) is 1.48. The van der Waals surface area contributed by atoms with E-state index >= 15 is 0 Å². The highest BCUT2D eigenvalue weighted by Crippen LogP contribution is 2.24. The third-order valence-corrected chi connectivity index (χ3v) is 8.21. The molecule has 5 amide bonds. The van der Waals surface area contributed by atoms with Crippen LogP contribution in [0.3, 0.4) is 0 Å². The number of carbonyl (C=O) groups excluding carboxylic acids is 5. The van der Waals surface area contributed by atoms with E-state index < -0.39 is 53.4 Å². The van der Waals surface area contributed by atoms with Crippen LogP contribution in [0, 0.1) is 17.6 Å². The number of halogens is 2. The number of nitrogens with one attached hydrogen (secondary N) is 3. The van der Waals surface area contributed by atoms with E-state index in [2.05, 4.69) is 10.6 Å². The quantitative estimate of drug-likeness (QED) is 0.123. The van der Waals surface area contributed by atoms with Gasteiger partial charge < -0.3 is 25.2 Å². The molecule has 0 radical (unpaired) electrons. The Morgan fingerprint density at radius 2 is 1.74 bits per heavy atom. The standard InChI is InChI=1S/C33H43F2N5O7/c1-4-21(2)29(32(44)37-26(31(43)38-46)14-15-36-30(42)22-18-23(34)20-24(35)19-22)39(3)33(45)27-12-8-16-40(27)28(41)13-9-17-47-25-10-6-5-7-11-25/h5-7,10-11,18-21,26-27,29,46H,4,8-9,12-17H2,1-3H3,(H,36,42)(H,37,44)(H,38,43)/t21?,26?,27-,29?/m0/s1. The molecule has 2 aromatic rings. The number of nitrogens with zero attached hydrogens (tertiary/aromatic N) is 2. The number of rotatable bonds is 16. The monoisotopic (exact) mass is 659 g/mol. The van der Waals surface area contributed by atoms with Crippen molar-refractivity contribution in [3.63, 3.8) is 0 Å². The van der Waals surface area contributed by atoms with Crippen molar-refractivity contribution >= 4 is 29.5 Å². The zero-order valence-electron chi connectivity index (χ0n) is 26.8. The van der Waals surface area contributed by atoms with Crippen LogP contribution in [-0.4, -0.2) is 89.4 Å². The number of hydrogen-bond donors (Lipinski definition) is 4. The van der Waals surface area contributed by atoms with Crippen molar-refractivity contribution in [1.29, 1.82) is 0 Å². The molecule has 14 heteroatoms. The number of para-hydroxylation sites is 1. The molecular weight excluding hydrogens is 616 g/mol. The van der Waals surface area contributed by atoms with Gasteiger partial charge in [-0.2, -0.15) is 0 Å². The molecule has 0 bridgehead atoms. The van der Waals surface area contributed by atoms with E-state index in [0.29, 0.717) is 50.7 Å². The second kappa shape index (κ2) is 17.9. The Bertz CT molecular complexity index is 1380. The molecule has 3 unspecified atom stereocenters. The van der Waals surface area contributed by atoms with Crippen LogP contribution >= 0.6 is 0 Å². The number of carbonyl (C=O) groups is 5. The average Bonchev–Trinajstić information content (AvgIpc) is 3.55. The molecule has 1 aliphatic rings. The third kappa shape index (κ3) is 10.5. The number of hydroxylamine groups is 1. The van der Waals surface area contributed by atoms with Gasteiger partial charge in [-0.25, -0.2) is 14.3 Å². The first-order chi connectivity index (χ1) is 22.5. The summed E-state index contributed by atoms with van der Waals surface area (Å²) in [5.41, 5.74) is 1.21. The van der Waals surface area contributed by atoms with Crippen LogP contribution in [0.5, 0.6) is 5.75 Å². The molecule has 1 aliphatic heterocycles. The predicted octanol–water partition coefficient (Wildman–Crippen LogP) is 2.80. The maximum Gasteiger partial charge on any atom is 0.265 e. The van der Waals surface area contributed by atoms with Gasteiger partial charge in [0.2, 0.25) is 17.7 Å². The third-order valence-electron chi connectivity index (χ3n) is 8.21. The number of benzene rings is 2. The summed E-state index contributed by atoms with van der Waals surface area (Å²) in [5.74, 6) is -4.56. The van der Waals surface area contributed by atoms with E-state index in [-0.39, 0.29) is 36.8 Å². The lowest BCUT2D eigenvalue weighted by molar-refractivity contribution is -0.148. The lowest BCUT2D eigenvalue weighted by Crippen LogP contribution is -2.58. The Kier molecular flexibility index (Phi) is 14.1. The molecule has 256 valence electrons. The summed E-state index contributed by atoms with van der Waals surface area (Å²) in [5, 5.41) is 14.3. The fraction of sp³-hybridized carbons (Fsp3) is 0.485. The molecule has 0 aliphatic carbocycles. The van der Waals surface area contributed by atoms with Gasteiger partial charge in [-0.1, -0.05) is 38.5 Å². The van der Waals surface area contributed by atoms with Crippen molar-refractivity contribution in [1.82, 2.24) is 25.9 Å². The van der Waals surface area contributed by atoms with Gasteiger partial charge in [-0.05, 0) is 55.9 Å². The fourth-order valence-corrected chi connectivity index (χ4v) is 5.53. The van der Waals surface area contributed by atoms with Crippen LogP contribution in [-0.2, 0) is 19.2 Å². The molecule has 3 rings (SSSR count). The summed E-state index contributed by atoms with van der Waals surface area (Å²) in [6, 6.07) is 8.45. The molecule has 0 spiro atoms. The Morgan fingerprint density at radius 3 is 2.38 bits per heavy atom. The van der Waals surface area contributed by atoms with Gasteiger partial charge in [-0.3, -0.25) is 29.2 Å². The van der Waals surface area contributed by atoms with Gasteiger partial charge in [0.1, 0.15) is 35.5 Å². The molecule has 1 saturated heterocycles. The van der Waals surface area contributed by atoms with Gasteiger partial charge >= 0.3 is 0 Å². The summed E-state index contributed by atoms with van der Waals surface area (Å²) in [6.07, 6.45) is 2.04. The molecule has 0 aromatic heterocycles. The highest BCUT2D eigenvalue weighted by molar-refractivity contribution is 5.95. The largest absolute Gasteiger partial charge is 0.494 e. The SMILES string of the molecule is CCC(C)C(C(=O)NC(CCNC(=O)c1cc(F)cc(F)c1)C(=O)NO)N(C)C(=O)[C@@H]1CCCN1C(=O)CCCOc1ccccc1. The van der Waals surface area contributed by atoms with Crippen molar-refractivity contribution in [3.8, 4) is 5.75 Å². The highest BCUT2D eigenvalue weighted by atomic mass is 19.1. The van der Waals surface area contributed by atoms with Crippen molar-refractivity contribution in [3.05, 3.63) is 65.7 Å². The first-order valence-corrected chi connectivity index (χ1v) is 15.7. The van der Waals surface area contributed by atoms with E-state index in [1.165, 1.54) is 17.4 Å².